The molecule has 1 fully saturated rings. The first-order valence-electron chi connectivity index (χ1n) is 11.1. The number of hydrogen-bond donors (Lipinski definition) is 1. The van der Waals surface area contributed by atoms with E-state index in [-0.39, 0.29) is 22.6 Å². The first kappa shape index (κ1) is 24.0. The lowest BCUT2D eigenvalue weighted by Gasteiger charge is -2.32. The molecule has 0 spiro atoms. The number of benzene rings is 3. The molecule has 3 aromatic rings. The molecular weight excluding hydrogens is 458 g/mol. The topological polar surface area (TPSA) is 66.5 Å². The molecule has 1 N–H and O–H groups in total. The van der Waals surface area contributed by atoms with Crippen LogP contribution < -0.4 is 5.32 Å². The number of nitrogens with one attached hydrogen (secondary N) is 1. The molecule has 8 heteroatoms. The third-order valence-electron chi connectivity index (χ3n) is 5.96. The van der Waals surface area contributed by atoms with Crippen molar-refractivity contribution in [3.05, 3.63) is 101 Å². The van der Waals surface area contributed by atoms with Crippen molar-refractivity contribution in [2.75, 3.05) is 13.1 Å². The lowest BCUT2D eigenvalue weighted by molar-refractivity contribution is 0.0908. The fourth-order valence-corrected chi connectivity index (χ4v) is 5.49. The molecule has 3 aromatic carbocycles. The number of hydrogen-bond acceptors (Lipinski definition) is 4. The summed E-state index contributed by atoms with van der Waals surface area (Å²) in [6.07, 6.45) is 1.47. The molecule has 4 rings (SSSR count). The highest BCUT2D eigenvalue weighted by atomic mass is 32.2. The normalized spacial score (nSPS) is 15.2. The van der Waals surface area contributed by atoms with Crippen LogP contribution in [0.1, 0.15) is 34.3 Å². The van der Waals surface area contributed by atoms with E-state index in [1.54, 1.807) is 60.7 Å². The van der Waals surface area contributed by atoms with Gasteiger partial charge in [-0.05, 0) is 60.4 Å². The van der Waals surface area contributed by atoms with E-state index in [0.717, 1.165) is 32.0 Å². The predicted octanol–water partition coefficient (Wildman–Crippen LogP) is 4.33. The van der Waals surface area contributed by atoms with E-state index in [1.165, 1.54) is 6.07 Å². The highest BCUT2D eigenvalue weighted by molar-refractivity contribution is 7.90. The SMILES string of the molecule is O=C(NC1CCN(Cc2ccc(F)c(F)c2)CC1)c1cccc(CS(=O)(=O)c2ccccc2)c1. The zero-order valence-electron chi connectivity index (χ0n) is 18.6. The Morgan fingerprint density at radius 3 is 2.32 bits per heavy atom. The van der Waals surface area contributed by atoms with Crippen LogP contribution in [0.15, 0.2) is 77.7 Å². The van der Waals surface area contributed by atoms with Crippen LogP contribution in [-0.2, 0) is 22.1 Å². The van der Waals surface area contributed by atoms with Crippen molar-refractivity contribution in [3.63, 3.8) is 0 Å². The van der Waals surface area contributed by atoms with Gasteiger partial charge in [-0.3, -0.25) is 9.69 Å². The molecule has 0 radical (unpaired) electrons. The van der Waals surface area contributed by atoms with Crippen LogP contribution in [0.3, 0.4) is 0 Å². The standard InChI is InChI=1S/C26H26F2N2O3S/c27-24-10-9-19(16-25(24)28)17-30-13-11-22(12-14-30)29-26(31)21-6-4-5-20(15-21)18-34(32,33)23-7-2-1-3-8-23/h1-10,15-16,22H,11-14,17-18H2,(H,29,31). The second kappa shape index (κ2) is 10.4. The molecule has 1 saturated heterocycles. The first-order valence-corrected chi connectivity index (χ1v) is 12.8. The lowest BCUT2D eigenvalue weighted by atomic mass is 10.0. The summed E-state index contributed by atoms with van der Waals surface area (Å²) in [5, 5.41) is 3.03. The van der Waals surface area contributed by atoms with E-state index < -0.39 is 21.5 Å². The molecule has 1 aliphatic rings. The second-order valence-corrected chi connectivity index (χ2v) is 10.5. The Kier molecular flexibility index (Phi) is 7.38. The van der Waals surface area contributed by atoms with Gasteiger partial charge in [-0.15, -0.1) is 0 Å². The summed E-state index contributed by atoms with van der Waals surface area (Å²) in [6.45, 7) is 1.97. The molecule has 0 saturated carbocycles. The minimum atomic E-state index is -3.50. The fourth-order valence-electron chi connectivity index (χ4n) is 4.13. The molecular formula is C26H26F2N2O3S. The number of nitrogens with zero attached hydrogens (tertiary/aromatic N) is 1. The van der Waals surface area contributed by atoms with Crippen molar-refractivity contribution in [2.45, 2.75) is 36.1 Å². The van der Waals surface area contributed by atoms with Crippen LogP contribution in [0, 0.1) is 11.6 Å². The Labute approximate surface area is 198 Å². The largest absolute Gasteiger partial charge is 0.349 e. The maximum atomic E-state index is 13.4. The van der Waals surface area contributed by atoms with Gasteiger partial charge in [0.1, 0.15) is 0 Å². The van der Waals surface area contributed by atoms with Gasteiger partial charge in [-0.2, -0.15) is 0 Å². The number of carbonyl (C=O) groups is 1. The summed E-state index contributed by atoms with van der Waals surface area (Å²) in [5.41, 5.74) is 1.69. The minimum Gasteiger partial charge on any atom is -0.349 e. The average molecular weight is 485 g/mol. The summed E-state index contributed by atoms with van der Waals surface area (Å²) in [7, 11) is -3.50. The molecule has 5 nitrogen and oxygen atoms in total. The summed E-state index contributed by atoms with van der Waals surface area (Å²) in [5.74, 6) is -2.12. The van der Waals surface area contributed by atoms with Crippen molar-refractivity contribution >= 4 is 15.7 Å². The summed E-state index contributed by atoms with van der Waals surface area (Å²) in [6, 6.07) is 18.9. The molecule has 0 bridgehead atoms. The maximum Gasteiger partial charge on any atom is 0.251 e. The summed E-state index contributed by atoms with van der Waals surface area (Å²) in [4.78, 5) is 15.2. The first-order chi connectivity index (χ1) is 16.3. The number of carbonyl (C=O) groups excluding carboxylic acids is 1. The molecule has 1 aliphatic heterocycles. The van der Waals surface area contributed by atoms with Gasteiger partial charge in [0.15, 0.2) is 21.5 Å². The zero-order valence-corrected chi connectivity index (χ0v) is 19.4. The van der Waals surface area contributed by atoms with E-state index in [4.69, 9.17) is 0 Å². The van der Waals surface area contributed by atoms with Gasteiger partial charge in [0.25, 0.3) is 5.91 Å². The van der Waals surface area contributed by atoms with Gasteiger partial charge in [-0.25, -0.2) is 17.2 Å². The van der Waals surface area contributed by atoms with E-state index in [0.29, 0.717) is 23.2 Å². The Morgan fingerprint density at radius 1 is 0.882 bits per heavy atom. The van der Waals surface area contributed by atoms with Gasteiger partial charge in [0.2, 0.25) is 0 Å². The quantitative estimate of drug-likeness (QED) is 0.542. The molecule has 0 aromatic heterocycles. The second-order valence-electron chi connectivity index (χ2n) is 8.54. The minimum absolute atomic E-state index is 0.00888. The molecule has 1 amide bonds. The Hall–Kier alpha value is -3.10. The van der Waals surface area contributed by atoms with Crippen LogP contribution in [0.25, 0.3) is 0 Å². The van der Waals surface area contributed by atoms with Gasteiger partial charge >= 0.3 is 0 Å². The summed E-state index contributed by atoms with van der Waals surface area (Å²) >= 11 is 0. The monoisotopic (exact) mass is 484 g/mol. The number of halogens is 2. The van der Waals surface area contributed by atoms with Crippen molar-refractivity contribution in [1.29, 1.82) is 0 Å². The van der Waals surface area contributed by atoms with Crippen LogP contribution in [0.4, 0.5) is 8.78 Å². The predicted molar refractivity (Wildman–Crippen MR) is 126 cm³/mol. The van der Waals surface area contributed by atoms with E-state index >= 15 is 0 Å². The van der Waals surface area contributed by atoms with Crippen LogP contribution in [-0.4, -0.2) is 38.4 Å². The molecule has 0 atom stereocenters. The van der Waals surface area contributed by atoms with E-state index in [1.807, 2.05) is 0 Å². The molecule has 0 unspecified atom stereocenters. The molecule has 1 heterocycles. The molecule has 0 aliphatic carbocycles. The number of likely N-dealkylation sites (tertiary alicyclic amines) is 1. The maximum absolute atomic E-state index is 13.4. The third kappa shape index (κ3) is 6.07. The van der Waals surface area contributed by atoms with Crippen molar-refractivity contribution < 1.29 is 22.0 Å². The smallest absolute Gasteiger partial charge is 0.251 e. The van der Waals surface area contributed by atoms with Gasteiger partial charge in [0.05, 0.1) is 10.6 Å². The number of piperidine rings is 1. The Balaban J connectivity index is 1.32. The number of amides is 1. The number of sulfone groups is 1. The molecule has 178 valence electrons. The Morgan fingerprint density at radius 2 is 1.62 bits per heavy atom. The summed E-state index contributed by atoms with van der Waals surface area (Å²) < 4.78 is 51.9. The van der Waals surface area contributed by atoms with Crippen LogP contribution in [0.2, 0.25) is 0 Å². The van der Waals surface area contributed by atoms with Crippen molar-refractivity contribution in [3.8, 4) is 0 Å². The van der Waals surface area contributed by atoms with Crippen LogP contribution in [0.5, 0.6) is 0 Å². The van der Waals surface area contributed by atoms with E-state index in [2.05, 4.69) is 10.2 Å². The van der Waals surface area contributed by atoms with Gasteiger partial charge in [0, 0.05) is 31.2 Å². The zero-order chi connectivity index (χ0) is 24.1. The fraction of sp³-hybridized carbons (Fsp3) is 0.269. The van der Waals surface area contributed by atoms with E-state index in [9.17, 15) is 22.0 Å². The van der Waals surface area contributed by atoms with Crippen LogP contribution >= 0.6 is 0 Å². The third-order valence-corrected chi connectivity index (χ3v) is 7.66. The molecule has 34 heavy (non-hydrogen) atoms. The highest BCUT2D eigenvalue weighted by Gasteiger charge is 2.22. The van der Waals surface area contributed by atoms with Gasteiger partial charge in [-0.1, -0.05) is 36.4 Å². The van der Waals surface area contributed by atoms with Gasteiger partial charge < -0.3 is 5.32 Å². The van der Waals surface area contributed by atoms with Crippen molar-refractivity contribution in [1.82, 2.24) is 10.2 Å². The van der Waals surface area contributed by atoms with Crippen molar-refractivity contribution in [2.24, 2.45) is 0 Å². The lowest BCUT2D eigenvalue weighted by Crippen LogP contribution is -2.44. The Bertz CT molecular complexity index is 1260. The highest BCUT2D eigenvalue weighted by Crippen LogP contribution is 2.19. The number of rotatable bonds is 7. The average Bonchev–Trinajstić information content (AvgIpc) is 2.83.